The number of carboxylic acid groups (broad SMARTS) is 1. The molecule has 1 fully saturated rings. The van der Waals surface area contributed by atoms with Crippen LogP contribution in [0.3, 0.4) is 0 Å². The van der Waals surface area contributed by atoms with Crippen molar-refractivity contribution in [3.63, 3.8) is 0 Å². The van der Waals surface area contributed by atoms with Gasteiger partial charge in [-0.2, -0.15) is 0 Å². The normalized spacial score (nSPS) is 24.5. The van der Waals surface area contributed by atoms with Gasteiger partial charge in [-0.1, -0.05) is 13.3 Å². The first-order chi connectivity index (χ1) is 6.24. The molecule has 76 valence electrons. The lowest BCUT2D eigenvalue weighted by atomic mass is 10.00. The molecule has 1 heterocycles. The van der Waals surface area contributed by atoms with E-state index in [4.69, 9.17) is 0 Å². The molecule has 0 bridgehead atoms. The highest BCUT2D eigenvalue weighted by molar-refractivity contribution is 5.64. The van der Waals surface area contributed by atoms with Gasteiger partial charge in [0.15, 0.2) is 0 Å². The predicted molar refractivity (Wildman–Crippen MR) is 49.1 cm³/mol. The largest absolute Gasteiger partial charge is 0.550 e. The fourth-order valence-electron chi connectivity index (χ4n) is 2.05. The Morgan fingerprint density at radius 3 is 2.92 bits per heavy atom. The predicted octanol–water partition coefficient (Wildman–Crippen LogP) is 0.391. The highest BCUT2D eigenvalue weighted by Gasteiger charge is 2.19. The van der Waals surface area contributed by atoms with Crippen molar-refractivity contribution in [1.29, 1.82) is 0 Å². The van der Waals surface area contributed by atoms with Crippen molar-refractivity contribution in [3.8, 4) is 0 Å². The van der Waals surface area contributed by atoms with Crippen molar-refractivity contribution in [1.82, 2.24) is 4.90 Å². The molecule has 1 rings (SSSR count). The summed E-state index contributed by atoms with van der Waals surface area (Å²) in [4.78, 5) is 12.6. The number of carboxylic acids is 1. The second-order valence-corrected chi connectivity index (χ2v) is 3.72. The molecule has 3 heteroatoms. The summed E-state index contributed by atoms with van der Waals surface area (Å²) in [5.41, 5.74) is 0. The Kier molecular flexibility index (Phi) is 4.22. The van der Waals surface area contributed by atoms with Gasteiger partial charge in [0.2, 0.25) is 0 Å². The summed E-state index contributed by atoms with van der Waals surface area (Å²) in [6, 6.07) is 0.605. The number of carbonyl (C=O) groups excluding carboxylic acids is 1. The molecule has 1 unspecified atom stereocenters. The number of nitrogens with zero attached hydrogens (tertiary/aromatic N) is 1. The third-order valence-electron chi connectivity index (χ3n) is 2.82. The Morgan fingerprint density at radius 1 is 1.54 bits per heavy atom. The molecule has 0 aliphatic carbocycles. The van der Waals surface area contributed by atoms with Crippen LogP contribution < -0.4 is 5.11 Å². The van der Waals surface area contributed by atoms with Crippen molar-refractivity contribution in [2.24, 2.45) is 0 Å². The number of likely N-dealkylation sites (tertiary alicyclic amines) is 1. The minimum Gasteiger partial charge on any atom is -0.550 e. The van der Waals surface area contributed by atoms with Crippen molar-refractivity contribution in [2.75, 3.05) is 13.1 Å². The smallest absolute Gasteiger partial charge is 0.0427 e. The van der Waals surface area contributed by atoms with Gasteiger partial charge in [-0.25, -0.2) is 0 Å². The Morgan fingerprint density at radius 2 is 2.31 bits per heavy atom. The zero-order valence-corrected chi connectivity index (χ0v) is 8.29. The summed E-state index contributed by atoms with van der Waals surface area (Å²) < 4.78 is 0. The molecule has 1 atom stereocenters. The molecule has 1 aliphatic heterocycles. The minimum absolute atomic E-state index is 0.177. The maximum absolute atomic E-state index is 10.3. The lowest BCUT2D eigenvalue weighted by molar-refractivity contribution is -0.306. The minimum atomic E-state index is -0.930. The van der Waals surface area contributed by atoms with E-state index < -0.39 is 5.97 Å². The van der Waals surface area contributed by atoms with E-state index in [9.17, 15) is 9.90 Å². The Labute approximate surface area is 79.7 Å². The highest BCUT2D eigenvalue weighted by Crippen LogP contribution is 2.19. The van der Waals surface area contributed by atoms with Crippen molar-refractivity contribution >= 4 is 5.97 Å². The standard InChI is InChI=1S/C10H19NO2/c1-2-9-5-3-4-7-11(9)8-6-10(12)13/h9H,2-8H2,1H3,(H,12,13)/p-1. The summed E-state index contributed by atoms with van der Waals surface area (Å²) in [7, 11) is 0. The van der Waals surface area contributed by atoms with E-state index in [2.05, 4.69) is 11.8 Å². The van der Waals surface area contributed by atoms with Crippen LogP contribution in [0.25, 0.3) is 0 Å². The summed E-state index contributed by atoms with van der Waals surface area (Å²) in [5, 5.41) is 10.3. The third kappa shape index (κ3) is 3.35. The Balaban J connectivity index is 2.31. The summed E-state index contributed by atoms with van der Waals surface area (Å²) in [6.07, 6.45) is 5.04. The first-order valence-electron chi connectivity index (χ1n) is 5.18. The maximum Gasteiger partial charge on any atom is 0.0427 e. The molecule has 13 heavy (non-hydrogen) atoms. The van der Waals surface area contributed by atoms with E-state index in [-0.39, 0.29) is 6.42 Å². The molecule has 1 saturated heterocycles. The molecule has 0 saturated carbocycles. The zero-order valence-electron chi connectivity index (χ0n) is 8.29. The van der Waals surface area contributed by atoms with Crippen LogP contribution in [0.15, 0.2) is 0 Å². The van der Waals surface area contributed by atoms with E-state index >= 15 is 0 Å². The Hall–Kier alpha value is -0.570. The molecule has 3 nitrogen and oxygen atoms in total. The van der Waals surface area contributed by atoms with Crippen molar-refractivity contribution < 1.29 is 9.90 Å². The SMILES string of the molecule is CCC1CCCCN1CCC(=O)[O-]. The molecule has 1 aliphatic rings. The highest BCUT2D eigenvalue weighted by atomic mass is 16.4. The number of carbonyl (C=O) groups is 1. The topological polar surface area (TPSA) is 43.4 Å². The van der Waals surface area contributed by atoms with Gasteiger partial charge in [-0.3, -0.25) is 0 Å². The van der Waals surface area contributed by atoms with E-state index in [0.717, 1.165) is 13.0 Å². The quantitative estimate of drug-likeness (QED) is 0.635. The molecular formula is C10H18NO2-. The van der Waals surface area contributed by atoms with Crippen LogP contribution in [-0.2, 0) is 4.79 Å². The number of hydrogen-bond acceptors (Lipinski definition) is 3. The lowest BCUT2D eigenvalue weighted by Crippen LogP contribution is -2.41. The number of aliphatic carboxylic acids is 1. The number of piperidine rings is 1. The van der Waals surface area contributed by atoms with Gasteiger partial charge < -0.3 is 14.8 Å². The van der Waals surface area contributed by atoms with Gasteiger partial charge in [0.1, 0.15) is 0 Å². The van der Waals surface area contributed by atoms with E-state index in [1.165, 1.54) is 19.3 Å². The van der Waals surface area contributed by atoms with Crippen LogP contribution in [0.4, 0.5) is 0 Å². The zero-order chi connectivity index (χ0) is 9.68. The lowest BCUT2D eigenvalue weighted by Gasteiger charge is -2.35. The average Bonchev–Trinajstić information content (AvgIpc) is 2.15. The average molecular weight is 184 g/mol. The molecule has 0 amide bonds. The van der Waals surface area contributed by atoms with E-state index in [0.29, 0.717) is 12.6 Å². The van der Waals surface area contributed by atoms with Crippen LogP contribution in [0.2, 0.25) is 0 Å². The molecule has 0 N–H and O–H groups in total. The first kappa shape index (κ1) is 10.5. The maximum atomic E-state index is 10.3. The van der Waals surface area contributed by atoms with Gasteiger partial charge in [-0.05, 0) is 32.2 Å². The first-order valence-corrected chi connectivity index (χ1v) is 5.18. The third-order valence-corrected chi connectivity index (χ3v) is 2.82. The molecule has 0 aromatic heterocycles. The van der Waals surface area contributed by atoms with Crippen LogP contribution in [0.5, 0.6) is 0 Å². The second-order valence-electron chi connectivity index (χ2n) is 3.72. The molecule has 0 radical (unpaired) electrons. The fraction of sp³-hybridized carbons (Fsp3) is 0.900. The van der Waals surface area contributed by atoms with Gasteiger partial charge in [0.05, 0.1) is 0 Å². The van der Waals surface area contributed by atoms with E-state index in [1.807, 2.05) is 0 Å². The van der Waals surface area contributed by atoms with Crippen LogP contribution in [0.1, 0.15) is 39.0 Å². The monoisotopic (exact) mass is 184 g/mol. The number of hydrogen-bond donors (Lipinski definition) is 0. The van der Waals surface area contributed by atoms with Crippen LogP contribution >= 0.6 is 0 Å². The van der Waals surface area contributed by atoms with Gasteiger partial charge in [-0.15, -0.1) is 0 Å². The van der Waals surface area contributed by atoms with Crippen LogP contribution in [0, 0.1) is 0 Å². The van der Waals surface area contributed by atoms with Crippen molar-refractivity contribution in [2.45, 2.75) is 45.1 Å². The van der Waals surface area contributed by atoms with Gasteiger partial charge in [0, 0.05) is 18.6 Å². The Bertz CT molecular complexity index is 170. The van der Waals surface area contributed by atoms with E-state index in [1.54, 1.807) is 0 Å². The van der Waals surface area contributed by atoms with Crippen molar-refractivity contribution in [3.05, 3.63) is 0 Å². The molecular weight excluding hydrogens is 166 g/mol. The molecule has 0 spiro atoms. The van der Waals surface area contributed by atoms with Gasteiger partial charge >= 0.3 is 0 Å². The van der Waals surface area contributed by atoms with Gasteiger partial charge in [0.25, 0.3) is 0 Å². The molecule has 0 aromatic carbocycles. The summed E-state index contributed by atoms with van der Waals surface area (Å²) in [6.45, 7) is 3.90. The summed E-state index contributed by atoms with van der Waals surface area (Å²) >= 11 is 0. The number of rotatable bonds is 4. The van der Waals surface area contributed by atoms with Crippen LogP contribution in [-0.4, -0.2) is 30.0 Å². The summed E-state index contributed by atoms with van der Waals surface area (Å²) in [5.74, 6) is -0.930. The second kappa shape index (κ2) is 5.22. The molecule has 0 aromatic rings. The fourth-order valence-corrected chi connectivity index (χ4v) is 2.05.